The van der Waals surface area contributed by atoms with Crippen LogP contribution in [0.1, 0.15) is 11.5 Å². The quantitative estimate of drug-likeness (QED) is 0.562. The highest BCUT2D eigenvalue weighted by Crippen LogP contribution is 2.34. The molecule has 0 fully saturated rings. The molecule has 0 bridgehead atoms. The van der Waals surface area contributed by atoms with Crippen molar-refractivity contribution in [2.75, 3.05) is 12.3 Å². The van der Waals surface area contributed by atoms with Crippen LogP contribution in [0.4, 0.5) is 4.39 Å². The Morgan fingerprint density at radius 2 is 1.75 bits per heavy atom. The summed E-state index contributed by atoms with van der Waals surface area (Å²) in [6.07, 6.45) is 0. The smallest absolute Gasteiger partial charge is 0.250 e. The normalized spacial score (nSPS) is 12.4. The van der Waals surface area contributed by atoms with Crippen molar-refractivity contribution in [3.63, 3.8) is 0 Å². The van der Waals surface area contributed by atoms with Crippen molar-refractivity contribution in [3.05, 3.63) is 53.7 Å². The predicted molar refractivity (Wildman–Crippen MR) is 103 cm³/mol. The van der Waals surface area contributed by atoms with Gasteiger partial charge >= 0.3 is 0 Å². The molecule has 11 heteroatoms. The maximum Gasteiger partial charge on any atom is 0.250 e. The number of hydrogen-bond donors (Lipinski definition) is 1. The van der Waals surface area contributed by atoms with Gasteiger partial charge in [0.1, 0.15) is 15.8 Å². The minimum Gasteiger partial charge on any atom is -0.361 e. The highest BCUT2D eigenvalue weighted by atomic mass is 32.2. The second kappa shape index (κ2) is 7.74. The van der Waals surface area contributed by atoms with Crippen molar-refractivity contribution in [2.45, 2.75) is 23.0 Å². The lowest BCUT2D eigenvalue weighted by molar-refractivity contribution is 0.393. The van der Waals surface area contributed by atoms with E-state index in [1.165, 1.54) is 6.07 Å². The first-order chi connectivity index (χ1) is 13.1. The lowest BCUT2D eigenvalue weighted by Gasteiger charge is -2.06. The van der Waals surface area contributed by atoms with E-state index in [9.17, 15) is 21.2 Å². The number of halogens is 1. The van der Waals surface area contributed by atoms with E-state index in [1.54, 1.807) is 19.9 Å². The summed E-state index contributed by atoms with van der Waals surface area (Å²) in [4.78, 5) is 0.625. The molecule has 0 radical (unpaired) electrons. The first kappa shape index (κ1) is 20.6. The zero-order valence-corrected chi connectivity index (χ0v) is 17.4. The van der Waals surface area contributed by atoms with Crippen molar-refractivity contribution in [1.82, 2.24) is 9.88 Å². The van der Waals surface area contributed by atoms with Gasteiger partial charge in [0.2, 0.25) is 10.0 Å². The molecule has 3 rings (SSSR count). The van der Waals surface area contributed by atoms with Gasteiger partial charge in [0.25, 0.3) is 0 Å². The molecule has 1 aromatic carbocycles. The number of sulfone groups is 1. The number of benzene rings is 1. The molecule has 3 aromatic rings. The highest BCUT2D eigenvalue weighted by molar-refractivity contribution is 7.92. The Balaban J connectivity index is 1.70. The van der Waals surface area contributed by atoms with Crippen molar-refractivity contribution in [2.24, 2.45) is 0 Å². The van der Waals surface area contributed by atoms with Gasteiger partial charge in [0, 0.05) is 11.4 Å². The van der Waals surface area contributed by atoms with Crippen molar-refractivity contribution >= 4 is 31.2 Å². The number of nitrogens with zero attached hydrogens (tertiary/aromatic N) is 1. The number of hydrogen-bond acceptors (Lipinski definition) is 7. The Morgan fingerprint density at radius 3 is 2.36 bits per heavy atom. The number of sulfonamides is 1. The van der Waals surface area contributed by atoms with Crippen LogP contribution in [0.5, 0.6) is 0 Å². The van der Waals surface area contributed by atoms with E-state index >= 15 is 0 Å². The second-order valence-electron chi connectivity index (χ2n) is 5.99. The van der Waals surface area contributed by atoms with E-state index in [-0.39, 0.29) is 15.6 Å². The SMILES string of the molecule is Cc1noc(C)c1-c1ccc(S(=O)(=O)NCCS(=O)(=O)c2ccc(F)cc2)s1. The molecule has 150 valence electrons. The summed E-state index contributed by atoms with van der Waals surface area (Å²) < 4.78 is 69.8. The van der Waals surface area contributed by atoms with Crippen LogP contribution in [0.25, 0.3) is 10.4 Å². The zero-order chi connectivity index (χ0) is 20.5. The predicted octanol–water partition coefficient (Wildman–Crippen LogP) is 2.91. The van der Waals surface area contributed by atoms with Crippen LogP contribution in [0.15, 0.2) is 50.0 Å². The monoisotopic (exact) mass is 444 g/mol. The lowest BCUT2D eigenvalue weighted by atomic mass is 10.2. The van der Waals surface area contributed by atoms with Gasteiger partial charge in [-0.1, -0.05) is 5.16 Å². The van der Waals surface area contributed by atoms with Gasteiger partial charge in [-0.15, -0.1) is 11.3 Å². The lowest BCUT2D eigenvalue weighted by Crippen LogP contribution is -2.28. The maximum absolute atomic E-state index is 12.9. The molecular formula is C17H17FN2O5S3. The largest absolute Gasteiger partial charge is 0.361 e. The van der Waals surface area contributed by atoms with Gasteiger partial charge in [-0.3, -0.25) is 0 Å². The molecule has 1 N–H and O–H groups in total. The van der Waals surface area contributed by atoms with Crippen molar-refractivity contribution < 1.29 is 25.7 Å². The van der Waals surface area contributed by atoms with E-state index in [0.29, 0.717) is 16.3 Å². The fourth-order valence-electron chi connectivity index (χ4n) is 2.58. The number of aryl methyl sites for hydroxylation is 2. The summed E-state index contributed by atoms with van der Waals surface area (Å²) >= 11 is 1.04. The molecule has 0 unspecified atom stereocenters. The molecule has 2 aromatic heterocycles. The van der Waals surface area contributed by atoms with Crippen LogP contribution in [0.3, 0.4) is 0 Å². The third-order valence-electron chi connectivity index (χ3n) is 3.96. The highest BCUT2D eigenvalue weighted by Gasteiger charge is 2.22. The minimum absolute atomic E-state index is 0.0571. The first-order valence-corrected chi connectivity index (χ1v) is 12.1. The van der Waals surface area contributed by atoms with Crippen LogP contribution in [-0.4, -0.2) is 34.3 Å². The molecule has 0 aliphatic carbocycles. The molecule has 7 nitrogen and oxygen atoms in total. The summed E-state index contributed by atoms with van der Waals surface area (Å²) in [6, 6.07) is 7.48. The van der Waals surface area contributed by atoms with Gasteiger partial charge < -0.3 is 4.52 Å². The van der Waals surface area contributed by atoms with Gasteiger partial charge in [-0.25, -0.2) is 25.9 Å². The summed E-state index contributed by atoms with van der Waals surface area (Å²) in [5, 5.41) is 3.85. The fourth-order valence-corrected chi connectivity index (χ4v) is 6.39. The number of rotatable bonds is 7. The molecule has 0 saturated heterocycles. The van der Waals surface area contributed by atoms with Crippen LogP contribution in [-0.2, 0) is 19.9 Å². The van der Waals surface area contributed by atoms with Gasteiger partial charge in [0.05, 0.1) is 21.9 Å². The van der Waals surface area contributed by atoms with E-state index in [4.69, 9.17) is 4.52 Å². The molecule has 0 atom stereocenters. The fraction of sp³-hybridized carbons (Fsp3) is 0.235. The van der Waals surface area contributed by atoms with Crippen LogP contribution in [0, 0.1) is 19.7 Å². The minimum atomic E-state index is -3.87. The van der Waals surface area contributed by atoms with Gasteiger partial charge in [-0.05, 0) is 50.2 Å². The van der Waals surface area contributed by atoms with Crippen molar-refractivity contribution in [1.29, 1.82) is 0 Å². The Hall–Kier alpha value is -2.08. The molecule has 0 spiro atoms. The molecule has 0 aliphatic heterocycles. The first-order valence-electron chi connectivity index (χ1n) is 8.11. The Kier molecular flexibility index (Phi) is 5.71. The summed E-state index contributed by atoms with van der Waals surface area (Å²) in [5.74, 6) is -0.409. The Morgan fingerprint density at radius 1 is 1.07 bits per heavy atom. The topological polar surface area (TPSA) is 106 Å². The third kappa shape index (κ3) is 4.32. The maximum atomic E-state index is 12.9. The van der Waals surface area contributed by atoms with E-state index in [1.807, 2.05) is 0 Å². The Bertz CT molecular complexity index is 1180. The standard InChI is InChI=1S/C17H17FN2O5S3/c1-11-17(12(2)25-20-11)15-7-8-16(26-15)28(23,24)19-9-10-27(21,22)14-5-3-13(18)4-6-14/h3-8,19H,9-10H2,1-2H3. The van der Waals surface area contributed by atoms with E-state index in [2.05, 4.69) is 9.88 Å². The number of nitrogens with one attached hydrogen (secondary N) is 1. The molecule has 2 heterocycles. The average Bonchev–Trinajstić information content (AvgIpc) is 3.22. The van der Waals surface area contributed by atoms with Crippen molar-refractivity contribution in [3.8, 4) is 10.4 Å². The number of aromatic nitrogens is 1. The van der Waals surface area contributed by atoms with E-state index in [0.717, 1.165) is 41.2 Å². The van der Waals surface area contributed by atoms with Crippen LogP contribution in [0.2, 0.25) is 0 Å². The third-order valence-corrected chi connectivity index (χ3v) is 8.75. The van der Waals surface area contributed by atoms with E-state index < -0.39 is 31.4 Å². The summed E-state index contributed by atoms with van der Waals surface area (Å²) in [5.41, 5.74) is 1.40. The average molecular weight is 445 g/mol. The summed E-state index contributed by atoms with van der Waals surface area (Å²) in [6.45, 7) is 3.20. The molecule has 0 aliphatic rings. The van der Waals surface area contributed by atoms with Gasteiger partial charge in [0.15, 0.2) is 9.84 Å². The Labute approximate surface area is 166 Å². The molecular weight excluding hydrogens is 427 g/mol. The molecule has 28 heavy (non-hydrogen) atoms. The second-order valence-corrected chi connectivity index (χ2v) is 11.2. The van der Waals surface area contributed by atoms with Crippen LogP contribution < -0.4 is 4.72 Å². The van der Waals surface area contributed by atoms with Gasteiger partial charge in [-0.2, -0.15) is 0 Å². The summed E-state index contributed by atoms with van der Waals surface area (Å²) in [7, 11) is -7.61. The molecule has 0 amide bonds. The zero-order valence-electron chi connectivity index (χ0n) is 15.0. The molecule has 0 saturated carbocycles. The van der Waals surface area contributed by atoms with Crippen LogP contribution >= 0.6 is 11.3 Å². The number of thiophene rings is 1.